The maximum Gasteiger partial charge on any atom is 0.329 e. The van der Waals surface area contributed by atoms with E-state index in [9.17, 15) is 9.59 Å². The quantitative estimate of drug-likeness (QED) is 0.629. The van der Waals surface area contributed by atoms with Gasteiger partial charge in [-0.15, -0.1) is 11.3 Å². The molecule has 0 saturated carbocycles. The summed E-state index contributed by atoms with van der Waals surface area (Å²) in [4.78, 5) is 26.6. The molecule has 0 unspecified atom stereocenters. The van der Waals surface area contributed by atoms with E-state index >= 15 is 0 Å². The first-order chi connectivity index (χ1) is 12.1. The molecule has 0 bridgehead atoms. The van der Waals surface area contributed by atoms with Crippen LogP contribution in [0.5, 0.6) is 5.75 Å². The molecule has 1 heterocycles. The number of aromatic nitrogens is 1. The summed E-state index contributed by atoms with van der Waals surface area (Å²) in [7, 11) is 0. The fourth-order valence-electron chi connectivity index (χ4n) is 1.91. The van der Waals surface area contributed by atoms with Crippen molar-refractivity contribution < 1.29 is 24.2 Å². The molecule has 1 amide bonds. The van der Waals surface area contributed by atoms with Gasteiger partial charge in [-0.05, 0) is 30.7 Å². The van der Waals surface area contributed by atoms with Crippen LogP contribution in [0.2, 0.25) is 0 Å². The van der Waals surface area contributed by atoms with Gasteiger partial charge in [0.2, 0.25) is 0 Å². The molecule has 2 rings (SSSR count). The first-order valence-electron chi connectivity index (χ1n) is 7.86. The highest BCUT2D eigenvalue weighted by Gasteiger charge is 2.11. The SMILES string of the molecule is CCCOc1ccc(-c2nc(C(=O)NCCOCC(=O)O)cs2)cc1. The van der Waals surface area contributed by atoms with Gasteiger partial charge in [-0.1, -0.05) is 6.92 Å². The molecule has 2 aromatic rings. The summed E-state index contributed by atoms with van der Waals surface area (Å²) in [5, 5.41) is 13.5. The first-order valence-corrected chi connectivity index (χ1v) is 8.74. The van der Waals surface area contributed by atoms with Crippen LogP contribution in [0.4, 0.5) is 0 Å². The lowest BCUT2D eigenvalue weighted by molar-refractivity contribution is -0.142. The number of aliphatic carboxylic acids is 1. The Morgan fingerprint density at radius 1 is 1.24 bits per heavy atom. The average Bonchev–Trinajstić information content (AvgIpc) is 3.10. The summed E-state index contributed by atoms with van der Waals surface area (Å²) in [5.74, 6) is -0.549. The van der Waals surface area contributed by atoms with E-state index in [-0.39, 0.29) is 25.7 Å². The molecular formula is C17H20N2O5S. The van der Waals surface area contributed by atoms with Gasteiger partial charge in [-0.3, -0.25) is 4.79 Å². The van der Waals surface area contributed by atoms with Crippen LogP contribution in [-0.4, -0.2) is 48.3 Å². The monoisotopic (exact) mass is 364 g/mol. The normalized spacial score (nSPS) is 10.4. The second-order valence-corrected chi connectivity index (χ2v) is 5.97. The number of carbonyl (C=O) groups excluding carboxylic acids is 1. The number of rotatable bonds is 10. The molecule has 134 valence electrons. The van der Waals surface area contributed by atoms with Crippen LogP contribution < -0.4 is 10.1 Å². The van der Waals surface area contributed by atoms with Crippen LogP contribution >= 0.6 is 11.3 Å². The Bertz CT molecular complexity index is 699. The van der Waals surface area contributed by atoms with Crippen molar-refractivity contribution in [3.8, 4) is 16.3 Å². The number of hydrogen-bond donors (Lipinski definition) is 2. The summed E-state index contributed by atoms with van der Waals surface area (Å²) >= 11 is 1.38. The van der Waals surface area contributed by atoms with E-state index in [1.165, 1.54) is 11.3 Å². The Labute approximate surface area is 149 Å². The summed E-state index contributed by atoms with van der Waals surface area (Å²) in [6.45, 7) is 2.71. The lowest BCUT2D eigenvalue weighted by atomic mass is 10.2. The Balaban J connectivity index is 1.86. The van der Waals surface area contributed by atoms with Crippen LogP contribution in [0.15, 0.2) is 29.6 Å². The number of nitrogens with zero attached hydrogens (tertiary/aromatic N) is 1. The van der Waals surface area contributed by atoms with Crippen molar-refractivity contribution in [3.05, 3.63) is 35.3 Å². The Hall–Kier alpha value is -2.45. The number of amides is 1. The van der Waals surface area contributed by atoms with Gasteiger partial charge in [-0.2, -0.15) is 0 Å². The van der Waals surface area contributed by atoms with E-state index < -0.39 is 5.97 Å². The second kappa shape index (κ2) is 9.75. The van der Waals surface area contributed by atoms with Gasteiger partial charge in [0.1, 0.15) is 23.1 Å². The molecule has 0 radical (unpaired) electrons. The highest BCUT2D eigenvalue weighted by Crippen LogP contribution is 2.25. The molecule has 0 atom stereocenters. The zero-order valence-corrected chi connectivity index (χ0v) is 14.7. The minimum absolute atomic E-state index is 0.133. The number of benzene rings is 1. The number of ether oxygens (including phenoxy) is 2. The number of hydrogen-bond acceptors (Lipinski definition) is 6. The van der Waals surface area contributed by atoms with E-state index in [1.807, 2.05) is 24.3 Å². The molecule has 0 saturated heterocycles. The van der Waals surface area contributed by atoms with E-state index in [1.54, 1.807) is 5.38 Å². The Morgan fingerprint density at radius 2 is 2.00 bits per heavy atom. The molecule has 0 spiro atoms. The molecule has 2 N–H and O–H groups in total. The molecule has 1 aromatic heterocycles. The van der Waals surface area contributed by atoms with Crippen LogP contribution in [0.3, 0.4) is 0 Å². The number of carbonyl (C=O) groups is 2. The maximum atomic E-state index is 12.0. The van der Waals surface area contributed by atoms with Gasteiger partial charge in [0.15, 0.2) is 0 Å². The molecule has 0 aliphatic rings. The topological polar surface area (TPSA) is 97.8 Å². The van der Waals surface area contributed by atoms with E-state index in [2.05, 4.69) is 17.2 Å². The summed E-state index contributed by atoms with van der Waals surface area (Å²) in [6.07, 6.45) is 0.952. The first kappa shape index (κ1) is 18.9. The Kier molecular flexibility index (Phi) is 7.36. The number of carboxylic acid groups (broad SMARTS) is 1. The molecule has 0 aliphatic carbocycles. The maximum absolute atomic E-state index is 12.0. The van der Waals surface area contributed by atoms with Gasteiger partial charge < -0.3 is 19.9 Å². The summed E-state index contributed by atoms with van der Waals surface area (Å²) in [6, 6.07) is 7.58. The highest BCUT2D eigenvalue weighted by atomic mass is 32.1. The predicted octanol–water partition coefficient (Wildman–Crippen LogP) is 2.43. The molecule has 0 fully saturated rings. The lowest BCUT2D eigenvalue weighted by Gasteiger charge is -2.04. The minimum atomic E-state index is -1.04. The number of thiazole rings is 1. The van der Waals surface area contributed by atoms with Crippen molar-refractivity contribution in [1.29, 1.82) is 0 Å². The van der Waals surface area contributed by atoms with Gasteiger partial charge in [-0.25, -0.2) is 9.78 Å². The zero-order chi connectivity index (χ0) is 18.1. The third kappa shape index (κ3) is 6.17. The standard InChI is InChI=1S/C17H20N2O5S/c1-2-8-24-13-5-3-12(4-6-13)17-19-14(11-25-17)16(22)18-7-9-23-10-15(20)21/h3-6,11H,2,7-10H2,1H3,(H,18,22)(H,20,21). The predicted molar refractivity (Wildman–Crippen MR) is 94.1 cm³/mol. The third-order valence-corrected chi connectivity index (χ3v) is 3.96. The van der Waals surface area contributed by atoms with Crippen molar-refractivity contribution in [2.75, 3.05) is 26.4 Å². The van der Waals surface area contributed by atoms with Crippen LogP contribution in [0.25, 0.3) is 10.6 Å². The molecule has 8 heteroatoms. The van der Waals surface area contributed by atoms with Gasteiger partial charge in [0, 0.05) is 17.5 Å². The van der Waals surface area contributed by atoms with E-state index in [4.69, 9.17) is 14.6 Å². The fourth-order valence-corrected chi connectivity index (χ4v) is 2.72. The molecular weight excluding hydrogens is 344 g/mol. The van der Waals surface area contributed by atoms with Crippen LogP contribution in [-0.2, 0) is 9.53 Å². The lowest BCUT2D eigenvalue weighted by Crippen LogP contribution is -2.28. The largest absolute Gasteiger partial charge is 0.494 e. The Morgan fingerprint density at radius 3 is 2.68 bits per heavy atom. The fraction of sp³-hybridized carbons (Fsp3) is 0.353. The van der Waals surface area contributed by atoms with Crippen LogP contribution in [0, 0.1) is 0 Å². The highest BCUT2D eigenvalue weighted by molar-refractivity contribution is 7.13. The smallest absolute Gasteiger partial charge is 0.329 e. The van der Waals surface area contributed by atoms with Gasteiger partial charge >= 0.3 is 5.97 Å². The summed E-state index contributed by atoms with van der Waals surface area (Å²) in [5.41, 5.74) is 1.24. The van der Waals surface area contributed by atoms with Crippen molar-refractivity contribution in [2.24, 2.45) is 0 Å². The van der Waals surface area contributed by atoms with Crippen molar-refractivity contribution in [1.82, 2.24) is 10.3 Å². The van der Waals surface area contributed by atoms with Crippen molar-refractivity contribution in [2.45, 2.75) is 13.3 Å². The minimum Gasteiger partial charge on any atom is -0.494 e. The average molecular weight is 364 g/mol. The van der Waals surface area contributed by atoms with E-state index in [0.717, 1.165) is 22.7 Å². The number of nitrogens with one attached hydrogen (secondary N) is 1. The summed E-state index contributed by atoms with van der Waals surface area (Å²) < 4.78 is 10.4. The van der Waals surface area contributed by atoms with Gasteiger partial charge in [0.05, 0.1) is 13.2 Å². The molecule has 0 aliphatic heterocycles. The van der Waals surface area contributed by atoms with Crippen molar-refractivity contribution in [3.63, 3.8) is 0 Å². The molecule has 25 heavy (non-hydrogen) atoms. The zero-order valence-electron chi connectivity index (χ0n) is 13.9. The van der Waals surface area contributed by atoms with Crippen molar-refractivity contribution >= 4 is 23.2 Å². The van der Waals surface area contributed by atoms with Gasteiger partial charge in [0.25, 0.3) is 5.91 Å². The number of carboxylic acids is 1. The van der Waals surface area contributed by atoms with Crippen LogP contribution in [0.1, 0.15) is 23.8 Å². The molecule has 1 aromatic carbocycles. The second-order valence-electron chi connectivity index (χ2n) is 5.11. The third-order valence-electron chi connectivity index (χ3n) is 3.07. The van der Waals surface area contributed by atoms with E-state index in [0.29, 0.717) is 12.3 Å². The molecule has 7 nitrogen and oxygen atoms in total.